The van der Waals surface area contributed by atoms with E-state index in [2.05, 4.69) is 119 Å². The van der Waals surface area contributed by atoms with Gasteiger partial charge >= 0.3 is 21.1 Å². The summed E-state index contributed by atoms with van der Waals surface area (Å²) in [5.41, 5.74) is 11.5. The van der Waals surface area contributed by atoms with E-state index in [9.17, 15) is 0 Å². The number of nitrogens with zero attached hydrogens (tertiary/aromatic N) is 3. The van der Waals surface area contributed by atoms with Crippen LogP contribution in [0.25, 0.3) is 54.3 Å². The monoisotopic (exact) mass is 722 g/mol. The van der Waals surface area contributed by atoms with Gasteiger partial charge in [0.1, 0.15) is 0 Å². The molecule has 0 spiro atoms. The van der Waals surface area contributed by atoms with Crippen molar-refractivity contribution in [1.82, 2.24) is 9.97 Å². The summed E-state index contributed by atoms with van der Waals surface area (Å²) in [6.45, 7) is 0. The van der Waals surface area contributed by atoms with E-state index < -0.39 is 0 Å². The third-order valence-electron chi connectivity index (χ3n) is 7.29. The van der Waals surface area contributed by atoms with Gasteiger partial charge < -0.3 is 9.88 Å². The number of rotatable bonds is 3. The number of anilines is 3. The van der Waals surface area contributed by atoms with Crippen LogP contribution in [0.2, 0.25) is 0 Å². The van der Waals surface area contributed by atoms with E-state index in [0.29, 0.717) is 0 Å². The summed E-state index contributed by atoms with van der Waals surface area (Å²) >= 11 is 1.70. The van der Waals surface area contributed by atoms with Crippen LogP contribution in [0.5, 0.6) is 0 Å². The van der Waals surface area contributed by atoms with Crippen molar-refractivity contribution in [1.29, 1.82) is 0 Å². The molecule has 0 unspecified atom stereocenters. The van der Waals surface area contributed by atoms with Crippen LogP contribution in [0, 0.1) is 12.1 Å². The summed E-state index contributed by atoms with van der Waals surface area (Å²) in [4.78, 5) is 11.8. The summed E-state index contributed by atoms with van der Waals surface area (Å²) in [7, 11) is 0. The number of pyridine rings is 1. The molecule has 196 valence electrons. The van der Waals surface area contributed by atoms with Gasteiger partial charge in [-0.25, -0.2) is 0 Å². The minimum atomic E-state index is 0. The van der Waals surface area contributed by atoms with Crippen LogP contribution in [0.4, 0.5) is 17.1 Å². The summed E-state index contributed by atoms with van der Waals surface area (Å²) < 4.78 is 1.17. The maximum Gasteiger partial charge on any atom is 2.00 e. The summed E-state index contributed by atoms with van der Waals surface area (Å²) in [5.74, 6) is 0. The average Bonchev–Trinajstić information content (AvgIpc) is 3.42. The molecular weight excluding hydrogens is 702 g/mol. The van der Waals surface area contributed by atoms with E-state index in [-0.39, 0.29) is 21.1 Å². The number of hydrogen-bond acceptors (Lipinski definition) is 4. The van der Waals surface area contributed by atoms with E-state index in [0.717, 1.165) is 50.0 Å². The Morgan fingerprint density at radius 1 is 0.585 bits per heavy atom. The van der Waals surface area contributed by atoms with Crippen LogP contribution >= 0.6 is 11.3 Å². The van der Waals surface area contributed by atoms with Gasteiger partial charge in [-0.05, 0) is 46.9 Å². The zero-order valence-electron chi connectivity index (χ0n) is 21.7. The van der Waals surface area contributed by atoms with E-state index >= 15 is 0 Å². The Kier molecular flexibility index (Phi) is 6.59. The van der Waals surface area contributed by atoms with Gasteiger partial charge in [0.05, 0.1) is 11.2 Å². The zero-order valence-corrected chi connectivity index (χ0v) is 24.8. The van der Waals surface area contributed by atoms with Crippen LogP contribution in [0.3, 0.4) is 0 Å². The van der Waals surface area contributed by atoms with Crippen LogP contribution in [0.1, 0.15) is 0 Å². The molecule has 41 heavy (non-hydrogen) atoms. The van der Waals surface area contributed by atoms with Crippen LogP contribution in [-0.2, 0) is 21.1 Å². The second-order valence-corrected chi connectivity index (χ2v) is 10.7. The maximum atomic E-state index is 4.95. The first-order valence-electron chi connectivity index (χ1n) is 13.2. The molecule has 0 amide bonds. The number of aromatic nitrogens is 2. The number of benzene rings is 5. The third-order valence-corrected chi connectivity index (χ3v) is 8.36. The van der Waals surface area contributed by atoms with Gasteiger partial charge in [-0.1, -0.05) is 77.9 Å². The van der Waals surface area contributed by atoms with Gasteiger partial charge in [0.2, 0.25) is 0 Å². The molecule has 0 saturated heterocycles. The minimum Gasteiger partial charge on any atom is -0.345 e. The second kappa shape index (κ2) is 10.6. The van der Waals surface area contributed by atoms with Gasteiger partial charge in [-0.2, -0.15) is 11.3 Å². The van der Waals surface area contributed by atoms with Crippen molar-refractivity contribution in [3.05, 3.63) is 140 Å². The quantitative estimate of drug-likeness (QED) is 0.170. The number of hydrogen-bond donors (Lipinski definition) is 0. The smallest absolute Gasteiger partial charge is 0.345 e. The van der Waals surface area contributed by atoms with Crippen molar-refractivity contribution in [2.24, 2.45) is 0 Å². The van der Waals surface area contributed by atoms with Gasteiger partial charge in [-0.15, -0.1) is 53.6 Å². The largest absolute Gasteiger partial charge is 2.00 e. The first-order chi connectivity index (χ1) is 19.8. The number of para-hydroxylation sites is 2. The molecule has 0 bridgehead atoms. The zero-order chi connectivity index (χ0) is 26.5. The van der Waals surface area contributed by atoms with Gasteiger partial charge in [0.15, 0.2) is 0 Å². The third kappa shape index (κ3) is 4.41. The minimum absolute atomic E-state index is 0. The number of fused-ring (bicyclic) bond motifs is 6. The molecule has 0 N–H and O–H groups in total. The fourth-order valence-electron chi connectivity index (χ4n) is 5.47. The SMILES string of the molecule is [Pt+2].[c-]1c(-c2ccccn2)cccc1N1c2[c-]c(-c3nc4ccccc4s3)ccc2-c2ccccc2-c2ccccc21. The molecule has 3 heterocycles. The molecule has 5 heteroatoms. The van der Waals surface area contributed by atoms with Gasteiger partial charge in [0.25, 0.3) is 0 Å². The molecule has 0 saturated carbocycles. The van der Waals surface area contributed by atoms with Crippen molar-refractivity contribution in [2.75, 3.05) is 4.90 Å². The number of thiazole rings is 1. The standard InChI is InChI=1S/C36H21N3S.Pt/c1-2-13-28-27(12-1)29-14-3-5-17-33(29)39(26-11-9-10-24(22-26)31-15-7-8-21-37-31)34-23-25(19-20-30(28)34)36-38-32-16-4-6-18-35(32)40-36;/h1-21H;/q-2;+2. The van der Waals surface area contributed by atoms with Crippen LogP contribution in [0.15, 0.2) is 128 Å². The fraction of sp³-hybridized carbons (Fsp3) is 0. The molecule has 0 fully saturated rings. The molecular formula is C36H21N3PtS. The molecule has 1 aliphatic rings. The Morgan fingerprint density at radius 3 is 2.17 bits per heavy atom. The van der Waals surface area contributed by atoms with E-state index in [1.54, 1.807) is 11.3 Å². The van der Waals surface area contributed by atoms with Crippen LogP contribution in [-0.4, -0.2) is 9.97 Å². The van der Waals surface area contributed by atoms with Crippen molar-refractivity contribution in [3.63, 3.8) is 0 Å². The van der Waals surface area contributed by atoms with Crippen molar-refractivity contribution in [3.8, 4) is 44.1 Å². The van der Waals surface area contributed by atoms with Gasteiger partial charge in [-0.3, -0.25) is 4.98 Å². The Bertz CT molecular complexity index is 2000. The molecule has 0 atom stereocenters. The maximum absolute atomic E-state index is 4.95. The van der Waals surface area contributed by atoms with Gasteiger partial charge in [0, 0.05) is 21.5 Å². The fourth-order valence-corrected chi connectivity index (χ4v) is 6.41. The molecule has 7 aromatic rings. The van der Waals surface area contributed by atoms with Crippen LogP contribution < -0.4 is 4.90 Å². The molecule has 2 aromatic heterocycles. The average molecular weight is 723 g/mol. The first kappa shape index (κ1) is 25.6. The Labute approximate surface area is 257 Å². The first-order valence-corrected chi connectivity index (χ1v) is 14.0. The van der Waals surface area contributed by atoms with E-state index in [1.807, 2.05) is 30.5 Å². The van der Waals surface area contributed by atoms with E-state index in [1.165, 1.54) is 21.4 Å². The van der Waals surface area contributed by atoms with Crippen molar-refractivity contribution < 1.29 is 21.1 Å². The summed E-state index contributed by atoms with van der Waals surface area (Å²) in [6.07, 6.45) is 1.82. The topological polar surface area (TPSA) is 29.0 Å². The predicted molar refractivity (Wildman–Crippen MR) is 165 cm³/mol. The Balaban J connectivity index is 0.00000276. The molecule has 1 aliphatic heterocycles. The predicted octanol–water partition coefficient (Wildman–Crippen LogP) is 9.74. The van der Waals surface area contributed by atoms with Crippen molar-refractivity contribution in [2.45, 2.75) is 0 Å². The summed E-state index contributed by atoms with van der Waals surface area (Å²) in [5, 5.41) is 0.959. The molecule has 0 aliphatic carbocycles. The summed E-state index contributed by atoms with van der Waals surface area (Å²) in [6, 6.07) is 49.6. The normalized spacial score (nSPS) is 11.7. The van der Waals surface area contributed by atoms with E-state index in [4.69, 9.17) is 4.98 Å². The molecule has 8 rings (SSSR count). The second-order valence-electron chi connectivity index (χ2n) is 9.68. The molecule has 5 aromatic carbocycles. The Hall–Kier alpha value is -4.37. The van der Waals surface area contributed by atoms with Crippen molar-refractivity contribution >= 4 is 38.6 Å². The Morgan fingerprint density at radius 2 is 1.34 bits per heavy atom. The molecule has 0 radical (unpaired) electrons. The molecule has 3 nitrogen and oxygen atoms in total.